The van der Waals surface area contributed by atoms with E-state index in [-0.39, 0.29) is 0 Å². The van der Waals surface area contributed by atoms with Gasteiger partial charge < -0.3 is 10.5 Å². The van der Waals surface area contributed by atoms with Gasteiger partial charge in [0.25, 0.3) is 0 Å². The number of rotatable bonds is 4. The van der Waals surface area contributed by atoms with Crippen molar-refractivity contribution in [1.82, 2.24) is 14.7 Å². The van der Waals surface area contributed by atoms with Crippen LogP contribution < -0.4 is 5.73 Å². The molecule has 1 aliphatic heterocycles. The van der Waals surface area contributed by atoms with Crippen LogP contribution in [0.5, 0.6) is 0 Å². The molecule has 96 valence electrons. The predicted molar refractivity (Wildman–Crippen MR) is 66.7 cm³/mol. The topological polar surface area (TPSA) is 56.3 Å². The second kappa shape index (κ2) is 5.62. The Labute approximate surface area is 103 Å². The van der Waals surface area contributed by atoms with Gasteiger partial charge in [0.15, 0.2) is 0 Å². The molecule has 2 heterocycles. The quantitative estimate of drug-likeness (QED) is 0.827. The lowest BCUT2D eigenvalue weighted by atomic mass is 10.1. The van der Waals surface area contributed by atoms with Crippen LogP contribution in [0.25, 0.3) is 0 Å². The second-order valence-electron chi connectivity index (χ2n) is 4.58. The van der Waals surface area contributed by atoms with E-state index in [1.807, 2.05) is 11.7 Å². The standard InChI is InChI=1S/C12H22N4O/c1-10-9-11(14-15(10)2)12(3-4-13)16-5-7-17-8-6-16/h9,12H,3-8,13H2,1-2H3. The van der Waals surface area contributed by atoms with Gasteiger partial charge in [0, 0.05) is 25.8 Å². The molecule has 0 saturated carbocycles. The van der Waals surface area contributed by atoms with Crippen LogP contribution in [0.2, 0.25) is 0 Å². The summed E-state index contributed by atoms with van der Waals surface area (Å²) in [4.78, 5) is 2.43. The van der Waals surface area contributed by atoms with Gasteiger partial charge in [-0.3, -0.25) is 9.58 Å². The maximum Gasteiger partial charge on any atom is 0.0799 e. The summed E-state index contributed by atoms with van der Waals surface area (Å²) < 4.78 is 7.32. The highest BCUT2D eigenvalue weighted by Crippen LogP contribution is 2.24. The molecule has 0 aliphatic carbocycles. The molecular formula is C12H22N4O. The summed E-state index contributed by atoms with van der Waals surface area (Å²) in [5.41, 5.74) is 8.05. The summed E-state index contributed by atoms with van der Waals surface area (Å²) in [5.74, 6) is 0. The van der Waals surface area contributed by atoms with Gasteiger partial charge in [0.2, 0.25) is 0 Å². The molecule has 0 bridgehead atoms. The molecule has 1 fully saturated rings. The lowest BCUT2D eigenvalue weighted by Gasteiger charge is -2.33. The van der Waals surface area contributed by atoms with Crippen molar-refractivity contribution in [1.29, 1.82) is 0 Å². The molecule has 2 rings (SSSR count). The number of hydrogen-bond donors (Lipinski definition) is 1. The first-order valence-corrected chi connectivity index (χ1v) is 6.24. The van der Waals surface area contributed by atoms with Crippen LogP contribution in [0.3, 0.4) is 0 Å². The number of morpholine rings is 1. The second-order valence-corrected chi connectivity index (χ2v) is 4.58. The van der Waals surface area contributed by atoms with E-state index in [1.165, 1.54) is 5.69 Å². The molecule has 1 aromatic heterocycles. The third-order valence-corrected chi connectivity index (χ3v) is 3.40. The molecule has 1 atom stereocenters. The molecule has 1 aromatic rings. The van der Waals surface area contributed by atoms with Crippen molar-refractivity contribution in [3.8, 4) is 0 Å². The highest BCUT2D eigenvalue weighted by atomic mass is 16.5. The van der Waals surface area contributed by atoms with Gasteiger partial charge in [0.1, 0.15) is 0 Å². The Morgan fingerprint density at radius 1 is 1.47 bits per heavy atom. The predicted octanol–water partition coefficient (Wildman–Crippen LogP) is 0.451. The summed E-state index contributed by atoms with van der Waals surface area (Å²) in [7, 11) is 1.98. The molecule has 1 saturated heterocycles. The van der Waals surface area contributed by atoms with Crippen LogP contribution >= 0.6 is 0 Å². The Bertz CT molecular complexity index is 338. The molecule has 2 N–H and O–H groups in total. The van der Waals surface area contributed by atoms with Crippen molar-refractivity contribution < 1.29 is 4.74 Å². The summed E-state index contributed by atoms with van der Waals surface area (Å²) in [6, 6.07) is 2.50. The van der Waals surface area contributed by atoms with Gasteiger partial charge in [-0.1, -0.05) is 0 Å². The van der Waals surface area contributed by atoms with E-state index in [1.54, 1.807) is 0 Å². The fraction of sp³-hybridized carbons (Fsp3) is 0.750. The Morgan fingerprint density at radius 3 is 2.71 bits per heavy atom. The van der Waals surface area contributed by atoms with Crippen LogP contribution in [-0.2, 0) is 11.8 Å². The maximum absolute atomic E-state index is 5.73. The fourth-order valence-electron chi connectivity index (χ4n) is 2.32. The minimum absolute atomic E-state index is 0.337. The summed E-state index contributed by atoms with van der Waals surface area (Å²) in [6.07, 6.45) is 0.955. The molecule has 0 aromatic carbocycles. The van der Waals surface area contributed by atoms with Gasteiger partial charge in [-0.2, -0.15) is 5.10 Å². The Morgan fingerprint density at radius 2 is 2.18 bits per heavy atom. The van der Waals surface area contributed by atoms with Crippen LogP contribution in [0, 0.1) is 6.92 Å². The van der Waals surface area contributed by atoms with Crippen molar-refractivity contribution in [2.45, 2.75) is 19.4 Å². The zero-order valence-electron chi connectivity index (χ0n) is 10.7. The van der Waals surface area contributed by atoms with Crippen molar-refractivity contribution in [2.24, 2.45) is 12.8 Å². The van der Waals surface area contributed by atoms with E-state index in [2.05, 4.69) is 23.0 Å². The molecule has 1 aliphatic rings. The van der Waals surface area contributed by atoms with Crippen molar-refractivity contribution in [3.63, 3.8) is 0 Å². The number of aromatic nitrogens is 2. The average Bonchev–Trinajstić information content (AvgIpc) is 2.67. The number of nitrogens with two attached hydrogens (primary N) is 1. The molecular weight excluding hydrogens is 216 g/mol. The first-order valence-electron chi connectivity index (χ1n) is 6.24. The first kappa shape index (κ1) is 12.5. The molecule has 17 heavy (non-hydrogen) atoms. The van der Waals surface area contributed by atoms with Crippen LogP contribution in [0.1, 0.15) is 23.9 Å². The molecule has 5 nitrogen and oxygen atoms in total. The lowest BCUT2D eigenvalue weighted by molar-refractivity contribution is 0.0137. The Kier molecular flexibility index (Phi) is 4.15. The minimum atomic E-state index is 0.337. The van der Waals surface area contributed by atoms with Crippen LogP contribution in [-0.4, -0.2) is 47.5 Å². The molecule has 1 unspecified atom stereocenters. The normalized spacial score (nSPS) is 19.5. The number of ether oxygens (including phenoxy) is 1. The maximum atomic E-state index is 5.73. The molecule has 0 amide bonds. The Hall–Kier alpha value is -0.910. The first-order chi connectivity index (χ1) is 8.22. The smallest absolute Gasteiger partial charge is 0.0799 e. The highest BCUT2D eigenvalue weighted by Gasteiger charge is 2.24. The van der Waals surface area contributed by atoms with Gasteiger partial charge in [0.05, 0.1) is 24.9 Å². The SMILES string of the molecule is Cc1cc(C(CCN)N2CCOCC2)nn1C. The zero-order chi connectivity index (χ0) is 12.3. The number of hydrogen-bond acceptors (Lipinski definition) is 4. The van der Waals surface area contributed by atoms with E-state index in [9.17, 15) is 0 Å². The van der Waals surface area contributed by atoms with E-state index in [0.29, 0.717) is 12.6 Å². The molecule has 0 radical (unpaired) electrons. The van der Waals surface area contributed by atoms with Crippen molar-refractivity contribution >= 4 is 0 Å². The van der Waals surface area contributed by atoms with E-state index in [4.69, 9.17) is 10.5 Å². The van der Waals surface area contributed by atoms with E-state index in [0.717, 1.165) is 38.4 Å². The third-order valence-electron chi connectivity index (χ3n) is 3.40. The fourth-order valence-corrected chi connectivity index (χ4v) is 2.32. The van der Waals surface area contributed by atoms with E-state index < -0.39 is 0 Å². The summed E-state index contributed by atoms with van der Waals surface area (Å²) in [5, 5.41) is 4.58. The summed E-state index contributed by atoms with van der Waals surface area (Å²) >= 11 is 0. The van der Waals surface area contributed by atoms with Crippen molar-refractivity contribution in [3.05, 3.63) is 17.5 Å². The zero-order valence-corrected chi connectivity index (χ0v) is 10.7. The van der Waals surface area contributed by atoms with E-state index >= 15 is 0 Å². The largest absolute Gasteiger partial charge is 0.379 e. The molecule has 5 heteroatoms. The average molecular weight is 238 g/mol. The molecule has 0 spiro atoms. The highest BCUT2D eigenvalue weighted by molar-refractivity contribution is 5.13. The monoisotopic (exact) mass is 238 g/mol. The number of aryl methyl sites for hydroxylation is 2. The van der Waals surface area contributed by atoms with Crippen molar-refractivity contribution in [2.75, 3.05) is 32.8 Å². The minimum Gasteiger partial charge on any atom is -0.379 e. The Balaban J connectivity index is 2.15. The van der Waals surface area contributed by atoms with Gasteiger partial charge in [-0.05, 0) is 26.0 Å². The number of nitrogens with zero attached hydrogens (tertiary/aromatic N) is 3. The summed E-state index contributed by atoms with van der Waals surface area (Å²) in [6.45, 7) is 6.34. The van der Waals surface area contributed by atoms with Gasteiger partial charge in [-0.25, -0.2) is 0 Å². The lowest BCUT2D eigenvalue weighted by Crippen LogP contribution is -2.40. The van der Waals surface area contributed by atoms with Crippen LogP contribution in [0.15, 0.2) is 6.07 Å². The van der Waals surface area contributed by atoms with Crippen LogP contribution in [0.4, 0.5) is 0 Å². The third kappa shape index (κ3) is 2.86. The van der Waals surface area contributed by atoms with Gasteiger partial charge >= 0.3 is 0 Å². The van der Waals surface area contributed by atoms with Gasteiger partial charge in [-0.15, -0.1) is 0 Å².